The Hall–Kier alpha value is -2.72. The zero-order valence-corrected chi connectivity index (χ0v) is 16.7. The molecule has 3 rings (SSSR count). The fraction of sp³-hybridized carbons (Fsp3) is 0.158. The first-order chi connectivity index (χ1) is 13.8. The van der Waals surface area contributed by atoms with E-state index >= 15 is 0 Å². The largest absolute Gasteiger partial charge is 0.440 e. The standard InChI is InChI=1S/C19H18ClN3O5S/c20-14-8-4-12(5-9-14)18-19(13-6-10-15(11-7-13)29(21,26)27)28-17(22-18)3-1-2-16(24)23-25/h4-11,25H,1-3H2,(H,23,24)(H2,21,26,27). The number of hydrogen-bond acceptors (Lipinski definition) is 6. The highest BCUT2D eigenvalue weighted by Crippen LogP contribution is 2.34. The molecule has 4 N–H and O–H groups in total. The minimum absolute atomic E-state index is 0.0101. The van der Waals surface area contributed by atoms with Crippen LogP contribution in [0.3, 0.4) is 0 Å². The third-order valence-corrected chi connectivity index (χ3v) is 5.33. The maximum Gasteiger partial charge on any atom is 0.243 e. The van der Waals surface area contributed by atoms with Crippen molar-refractivity contribution in [3.63, 3.8) is 0 Å². The third-order valence-electron chi connectivity index (χ3n) is 4.15. The van der Waals surface area contributed by atoms with E-state index in [2.05, 4.69) is 4.98 Å². The minimum atomic E-state index is -3.81. The number of halogens is 1. The molecule has 29 heavy (non-hydrogen) atoms. The summed E-state index contributed by atoms with van der Waals surface area (Å²) in [6.45, 7) is 0. The summed E-state index contributed by atoms with van der Waals surface area (Å²) >= 11 is 5.96. The normalized spacial score (nSPS) is 11.4. The predicted octanol–water partition coefficient (Wildman–Crippen LogP) is 3.14. The summed E-state index contributed by atoms with van der Waals surface area (Å²) in [6, 6.07) is 13.0. The third kappa shape index (κ3) is 5.21. The van der Waals surface area contributed by atoms with Gasteiger partial charge in [0, 0.05) is 29.0 Å². The fourth-order valence-corrected chi connectivity index (χ4v) is 3.36. The summed E-state index contributed by atoms with van der Waals surface area (Å²) in [5.41, 5.74) is 3.53. The van der Waals surface area contributed by atoms with Gasteiger partial charge >= 0.3 is 0 Å². The Balaban J connectivity index is 1.97. The molecule has 0 bridgehead atoms. The van der Waals surface area contributed by atoms with Gasteiger partial charge in [0.2, 0.25) is 15.9 Å². The number of oxazole rings is 1. The second-order valence-electron chi connectivity index (χ2n) is 6.25. The second-order valence-corrected chi connectivity index (χ2v) is 8.25. The Kier molecular flexibility index (Phi) is 6.33. The lowest BCUT2D eigenvalue weighted by molar-refractivity contribution is -0.129. The molecule has 10 heteroatoms. The number of aromatic nitrogens is 1. The van der Waals surface area contributed by atoms with Crippen LogP contribution in [0.1, 0.15) is 18.7 Å². The number of carbonyl (C=O) groups excluding carboxylic acids is 1. The number of amides is 1. The Bertz CT molecular complexity index is 1110. The fourth-order valence-electron chi connectivity index (χ4n) is 2.72. The molecule has 0 aliphatic heterocycles. The van der Waals surface area contributed by atoms with Crippen molar-refractivity contribution in [3.05, 3.63) is 59.4 Å². The summed E-state index contributed by atoms with van der Waals surface area (Å²) < 4.78 is 28.9. The number of nitrogens with zero attached hydrogens (tertiary/aromatic N) is 1. The first-order valence-corrected chi connectivity index (χ1v) is 10.5. The van der Waals surface area contributed by atoms with Gasteiger partial charge in [-0.2, -0.15) is 0 Å². The number of benzene rings is 2. The van der Waals surface area contributed by atoms with Crippen molar-refractivity contribution in [2.75, 3.05) is 0 Å². The molecule has 0 fully saturated rings. The van der Waals surface area contributed by atoms with Gasteiger partial charge in [-0.1, -0.05) is 23.7 Å². The molecule has 0 unspecified atom stereocenters. The number of sulfonamides is 1. The zero-order valence-electron chi connectivity index (χ0n) is 15.1. The van der Waals surface area contributed by atoms with Crippen LogP contribution < -0.4 is 10.6 Å². The molecule has 1 heterocycles. The maximum atomic E-state index is 11.5. The van der Waals surface area contributed by atoms with Crippen molar-refractivity contribution < 1.29 is 22.8 Å². The molecule has 152 valence electrons. The number of hydroxylamine groups is 1. The topological polar surface area (TPSA) is 136 Å². The van der Waals surface area contributed by atoms with E-state index in [9.17, 15) is 13.2 Å². The van der Waals surface area contributed by atoms with E-state index in [-0.39, 0.29) is 11.3 Å². The summed E-state index contributed by atoms with van der Waals surface area (Å²) in [5, 5.41) is 14.3. The van der Waals surface area contributed by atoms with Gasteiger partial charge in [0.1, 0.15) is 5.69 Å². The van der Waals surface area contributed by atoms with Crippen LogP contribution >= 0.6 is 11.6 Å². The van der Waals surface area contributed by atoms with Gasteiger partial charge in [0.25, 0.3) is 0 Å². The molecule has 0 spiro atoms. The number of nitrogens with one attached hydrogen (secondary N) is 1. The molecule has 0 saturated carbocycles. The number of rotatable bonds is 7. The highest BCUT2D eigenvalue weighted by molar-refractivity contribution is 7.89. The van der Waals surface area contributed by atoms with Crippen LogP contribution in [0.15, 0.2) is 57.8 Å². The average Bonchev–Trinajstić information content (AvgIpc) is 3.12. The molecule has 0 aliphatic rings. The lowest BCUT2D eigenvalue weighted by atomic mass is 10.1. The van der Waals surface area contributed by atoms with Crippen molar-refractivity contribution in [2.24, 2.45) is 5.14 Å². The summed E-state index contributed by atoms with van der Waals surface area (Å²) in [4.78, 5) is 15.7. The van der Waals surface area contributed by atoms with Crippen LogP contribution in [0.4, 0.5) is 0 Å². The van der Waals surface area contributed by atoms with Crippen molar-refractivity contribution in [1.82, 2.24) is 10.5 Å². The van der Waals surface area contributed by atoms with E-state index in [4.69, 9.17) is 26.4 Å². The zero-order chi connectivity index (χ0) is 21.0. The van der Waals surface area contributed by atoms with E-state index in [0.29, 0.717) is 40.8 Å². The number of nitrogens with two attached hydrogens (primary N) is 1. The van der Waals surface area contributed by atoms with Crippen LogP contribution in [0.2, 0.25) is 5.02 Å². The Morgan fingerprint density at radius 2 is 1.72 bits per heavy atom. The van der Waals surface area contributed by atoms with Crippen molar-refractivity contribution >= 4 is 27.5 Å². The van der Waals surface area contributed by atoms with E-state index < -0.39 is 15.9 Å². The molecule has 0 saturated heterocycles. The summed E-state index contributed by atoms with van der Waals surface area (Å²) in [6.07, 6.45) is 0.924. The van der Waals surface area contributed by atoms with Crippen LogP contribution in [0.25, 0.3) is 22.6 Å². The number of hydrogen-bond donors (Lipinski definition) is 3. The van der Waals surface area contributed by atoms with Crippen molar-refractivity contribution in [3.8, 4) is 22.6 Å². The lowest BCUT2D eigenvalue weighted by Gasteiger charge is -2.03. The monoisotopic (exact) mass is 435 g/mol. The molecule has 1 amide bonds. The van der Waals surface area contributed by atoms with Crippen LogP contribution in [0, 0.1) is 0 Å². The average molecular weight is 436 g/mol. The van der Waals surface area contributed by atoms with E-state index in [1.165, 1.54) is 12.1 Å². The molecular formula is C19H18ClN3O5S. The molecular weight excluding hydrogens is 418 g/mol. The maximum absolute atomic E-state index is 11.5. The van der Waals surface area contributed by atoms with Gasteiger partial charge in [0.05, 0.1) is 4.90 Å². The molecule has 0 aliphatic carbocycles. The van der Waals surface area contributed by atoms with Crippen LogP contribution in [-0.4, -0.2) is 24.5 Å². The van der Waals surface area contributed by atoms with Crippen molar-refractivity contribution in [2.45, 2.75) is 24.2 Å². The Morgan fingerprint density at radius 3 is 2.31 bits per heavy atom. The highest BCUT2D eigenvalue weighted by Gasteiger charge is 2.18. The van der Waals surface area contributed by atoms with Gasteiger partial charge in [-0.05, 0) is 42.8 Å². The molecule has 2 aromatic carbocycles. The second kappa shape index (κ2) is 8.75. The highest BCUT2D eigenvalue weighted by atomic mass is 35.5. The lowest BCUT2D eigenvalue weighted by Crippen LogP contribution is -2.18. The number of primary sulfonamides is 1. The van der Waals surface area contributed by atoms with Gasteiger partial charge in [-0.25, -0.2) is 24.0 Å². The minimum Gasteiger partial charge on any atom is -0.440 e. The Labute approximate surface area is 172 Å². The van der Waals surface area contributed by atoms with Crippen molar-refractivity contribution in [1.29, 1.82) is 0 Å². The quantitative estimate of drug-likeness (QED) is 0.385. The van der Waals surface area contributed by atoms with Gasteiger partial charge in [0.15, 0.2) is 11.7 Å². The first-order valence-electron chi connectivity index (χ1n) is 8.60. The predicted molar refractivity (Wildman–Crippen MR) is 107 cm³/mol. The number of aryl methyl sites for hydroxylation is 1. The molecule has 0 radical (unpaired) electrons. The van der Waals surface area contributed by atoms with E-state index in [1.54, 1.807) is 41.9 Å². The summed E-state index contributed by atoms with van der Waals surface area (Å²) in [5.74, 6) is 0.370. The van der Waals surface area contributed by atoms with Crippen LogP contribution in [0.5, 0.6) is 0 Å². The molecule has 3 aromatic rings. The van der Waals surface area contributed by atoms with Gasteiger partial charge in [-0.3, -0.25) is 10.0 Å². The molecule has 1 aromatic heterocycles. The number of carbonyl (C=O) groups is 1. The van der Waals surface area contributed by atoms with Crippen LogP contribution in [-0.2, 0) is 21.2 Å². The SMILES string of the molecule is NS(=O)(=O)c1ccc(-c2oc(CCCC(=O)NO)nc2-c2ccc(Cl)cc2)cc1. The Morgan fingerprint density at radius 1 is 1.10 bits per heavy atom. The molecule has 0 atom stereocenters. The smallest absolute Gasteiger partial charge is 0.243 e. The van der Waals surface area contributed by atoms with Gasteiger partial charge in [-0.15, -0.1) is 0 Å². The van der Waals surface area contributed by atoms with E-state index in [0.717, 1.165) is 5.56 Å². The van der Waals surface area contributed by atoms with E-state index in [1.807, 2.05) is 0 Å². The summed E-state index contributed by atoms with van der Waals surface area (Å²) in [7, 11) is -3.81. The van der Waals surface area contributed by atoms with Gasteiger partial charge < -0.3 is 4.42 Å². The first kappa shape index (κ1) is 21.0. The molecule has 8 nitrogen and oxygen atoms in total.